The average molecular weight is 268 g/mol. The van der Waals surface area contributed by atoms with Gasteiger partial charge in [-0.05, 0) is 45.1 Å². The molecule has 0 unspecified atom stereocenters. The highest BCUT2D eigenvalue weighted by Crippen LogP contribution is 2.24. The maximum Gasteiger partial charge on any atom is 0.311 e. The molecule has 0 N–H and O–H groups in total. The highest BCUT2D eigenvalue weighted by atomic mass is 16.6. The molecule has 1 fully saturated rings. The van der Waals surface area contributed by atoms with E-state index in [-0.39, 0.29) is 5.97 Å². The van der Waals surface area contributed by atoms with Gasteiger partial charge in [0.1, 0.15) is 13.2 Å². The van der Waals surface area contributed by atoms with Crippen molar-refractivity contribution in [2.24, 2.45) is 11.3 Å². The van der Waals surface area contributed by atoms with Gasteiger partial charge in [0, 0.05) is 0 Å². The van der Waals surface area contributed by atoms with Crippen LogP contribution in [0, 0.1) is 11.3 Å². The van der Waals surface area contributed by atoms with Gasteiger partial charge >= 0.3 is 5.97 Å². The Hall–Kier alpha value is -0.990. The smallest absolute Gasteiger partial charge is 0.311 e. The number of carbonyl (C=O) groups is 1. The minimum Gasteiger partial charge on any atom is -0.498 e. The largest absolute Gasteiger partial charge is 0.498 e. The maximum absolute atomic E-state index is 11.7. The van der Waals surface area contributed by atoms with Crippen LogP contribution in [0.4, 0.5) is 0 Å². The summed E-state index contributed by atoms with van der Waals surface area (Å²) in [4.78, 5) is 11.7. The normalized spacial score (nSPS) is 17.6. The zero-order chi connectivity index (χ0) is 14.1. The molecule has 1 aliphatic carbocycles. The van der Waals surface area contributed by atoms with E-state index in [2.05, 4.69) is 6.08 Å². The van der Waals surface area contributed by atoms with Crippen molar-refractivity contribution in [1.82, 2.24) is 0 Å². The fourth-order valence-corrected chi connectivity index (χ4v) is 2.08. The predicted octanol–water partition coefficient (Wildman–Crippen LogP) is 4.08. The van der Waals surface area contributed by atoms with Crippen molar-refractivity contribution < 1.29 is 14.3 Å². The van der Waals surface area contributed by atoms with Crippen LogP contribution in [-0.4, -0.2) is 19.2 Å². The summed E-state index contributed by atoms with van der Waals surface area (Å²) in [7, 11) is 0. The fourth-order valence-electron chi connectivity index (χ4n) is 2.08. The molecular weight excluding hydrogens is 240 g/mol. The van der Waals surface area contributed by atoms with Crippen LogP contribution in [-0.2, 0) is 14.3 Å². The molecule has 0 heterocycles. The van der Waals surface area contributed by atoms with Crippen LogP contribution in [0.2, 0.25) is 0 Å². The Labute approximate surface area is 117 Å². The third kappa shape index (κ3) is 6.13. The molecule has 1 rings (SSSR count). The Bertz CT molecular complexity index is 288. The quantitative estimate of drug-likeness (QED) is 0.396. The number of carbonyl (C=O) groups excluding carboxylic acids is 1. The molecule has 3 nitrogen and oxygen atoms in total. The molecule has 110 valence electrons. The summed E-state index contributed by atoms with van der Waals surface area (Å²) in [5.74, 6) is 0.533. The summed E-state index contributed by atoms with van der Waals surface area (Å²) in [6, 6.07) is 0. The lowest BCUT2D eigenvalue weighted by Crippen LogP contribution is -2.26. The standard InChI is InChI=1S/C16H28O3/c1-4-16(2,3)15(17)19-13-12-18-11-10-14-8-6-5-7-9-14/h10-11,14H,4-9,12-13H2,1-3H3/b11-10+. The zero-order valence-electron chi connectivity index (χ0n) is 12.6. The molecule has 0 atom stereocenters. The maximum atomic E-state index is 11.7. The van der Waals surface area contributed by atoms with Gasteiger partial charge in [0.05, 0.1) is 11.7 Å². The second-order valence-electron chi connectivity index (χ2n) is 5.97. The van der Waals surface area contributed by atoms with Crippen molar-refractivity contribution in [2.45, 2.75) is 59.3 Å². The Morgan fingerprint density at radius 2 is 1.89 bits per heavy atom. The van der Waals surface area contributed by atoms with Crippen LogP contribution in [0.1, 0.15) is 59.3 Å². The lowest BCUT2D eigenvalue weighted by molar-refractivity contribution is -0.155. The van der Waals surface area contributed by atoms with Crippen molar-refractivity contribution in [3.8, 4) is 0 Å². The van der Waals surface area contributed by atoms with E-state index >= 15 is 0 Å². The fraction of sp³-hybridized carbons (Fsp3) is 0.812. The van der Waals surface area contributed by atoms with Gasteiger partial charge in [0.2, 0.25) is 0 Å². The van der Waals surface area contributed by atoms with Gasteiger partial charge in [0.25, 0.3) is 0 Å². The average Bonchev–Trinajstić information content (AvgIpc) is 2.43. The molecule has 0 aromatic rings. The molecule has 0 spiro atoms. The highest BCUT2D eigenvalue weighted by Gasteiger charge is 2.26. The third-order valence-corrected chi connectivity index (χ3v) is 3.97. The predicted molar refractivity (Wildman–Crippen MR) is 76.7 cm³/mol. The summed E-state index contributed by atoms with van der Waals surface area (Å²) in [5.41, 5.74) is -0.391. The topological polar surface area (TPSA) is 35.5 Å². The number of esters is 1. The third-order valence-electron chi connectivity index (χ3n) is 3.97. The van der Waals surface area contributed by atoms with Crippen molar-refractivity contribution in [1.29, 1.82) is 0 Å². The molecule has 0 aromatic heterocycles. The monoisotopic (exact) mass is 268 g/mol. The minimum absolute atomic E-state index is 0.144. The van der Waals surface area contributed by atoms with E-state index in [9.17, 15) is 4.79 Å². The lowest BCUT2D eigenvalue weighted by atomic mass is 9.89. The molecule has 1 aliphatic rings. The number of ether oxygens (including phenoxy) is 2. The Morgan fingerprint density at radius 3 is 2.53 bits per heavy atom. The van der Waals surface area contributed by atoms with E-state index in [0.717, 1.165) is 6.42 Å². The van der Waals surface area contributed by atoms with E-state index in [1.807, 2.05) is 20.8 Å². The van der Waals surface area contributed by atoms with E-state index in [1.165, 1.54) is 32.1 Å². The Kier molecular flexibility index (Phi) is 6.96. The molecule has 0 amide bonds. The van der Waals surface area contributed by atoms with Gasteiger partial charge in [-0.15, -0.1) is 0 Å². The molecular formula is C16H28O3. The Balaban J connectivity index is 2.07. The van der Waals surface area contributed by atoms with Crippen molar-refractivity contribution >= 4 is 5.97 Å². The molecule has 0 radical (unpaired) electrons. The zero-order valence-corrected chi connectivity index (χ0v) is 12.6. The first-order valence-corrected chi connectivity index (χ1v) is 7.52. The van der Waals surface area contributed by atoms with Gasteiger partial charge in [-0.25, -0.2) is 0 Å². The summed E-state index contributed by atoms with van der Waals surface area (Å²) in [6.07, 6.45) is 11.3. The second kappa shape index (κ2) is 8.23. The number of hydrogen-bond donors (Lipinski definition) is 0. The van der Waals surface area contributed by atoms with Gasteiger partial charge in [-0.2, -0.15) is 0 Å². The molecule has 0 saturated heterocycles. The van der Waals surface area contributed by atoms with Gasteiger partial charge in [-0.1, -0.05) is 26.2 Å². The van der Waals surface area contributed by atoms with Gasteiger partial charge in [-0.3, -0.25) is 4.79 Å². The summed E-state index contributed by atoms with van der Waals surface area (Å²) in [5, 5.41) is 0. The van der Waals surface area contributed by atoms with Crippen LogP contribution < -0.4 is 0 Å². The number of allylic oxidation sites excluding steroid dienone is 1. The van der Waals surface area contributed by atoms with Crippen molar-refractivity contribution in [3.05, 3.63) is 12.3 Å². The molecule has 19 heavy (non-hydrogen) atoms. The van der Waals surface area contributed by atoms with Crippen molar-refractivity contribution in [2.75, 3.05) is 13.2 Å². The van der Waals surface area contributed by atoms with Crippen LogP contribution >= 0.6 is 0 Å². The summed E-state index contributed by atoms with van der Waals surface area (Å²) >= 11 is 0. The van der Waals surface area contributed by atoms with E-state index in [1.54, 1.807) is 6.26 Å². The SMILES string of the molecule is CCC(C)(C)C(=O)OCCO/C=C/C1CCCCC1. The van der Waals surface area contributed by atoms with Crippen LogP contribution in [0.5, 0.6) is 0 Å². The molecule has 1 saturated carbocycles. The summed E-state index contributed by atoms with van der Waals surface area (Å²) in [6.45, 7) is 6.56. The van der Waals surface area contributed by atoms with Gasteiger partial charge in [0.15, 0.2) is 0 Å². The van der Waals surface area contributed by atoms with E-state index < -0.39 is 5.41 Å². The first-order valence-electron chi connectivity index (χ1n) is 7.52. The van der Waals surface area contributed by atoms with Gasteiger partial charge < -0.3 is 9.47 Å². The van der Waals surface area contributed by atoms with Crippen LogP contribution in [0.3, 0.4) is 0 Å². The molecule has 0 aliphatic heterocycles. The van der Waals surface area contributed by atoms with Crippen LogP contribution in [0.15, 0.2) is 12.3 Å². The number of hydrogen-bond acceptors (Lipinski definition) is 3. The highest BCUT2D eigenvalue weighted by molar-refractivity contribution is 5.75. The van der Waals surface area contributed by atoms with E-state index in [4.69, 9.17) is 9.47 Å². The summed E-state index contributed by atoms with van der Waals surface area (Å²) < 4.78 is 10.6. The van der Waals surface area contributed by atoms with Crippen LogP contribution in [0.25, 0.3) is 0 Å². The number of rotatable bonds is 7. The first-order chi connectivity index (χ1) is 9.06. The lowest BCUT2D eigenvalue weighted by Gasteiger charge is -2.20. The first kappa shape index (κ1) is 16.1. The molecule has 3 heteroatoms. The van der Waals surface area contributed by atoms with Crippen molar-refractivity contribution in [3.63, 3.8) is 0 Å². The minimum atomic E-state index is -0.391. The molecule has 0 bridgehead atoms. The van der Waals surface area contributed by atoms with E-state index in [0.29, 0.717) is 19.1 Å². The Morgan fingerprint density at radius 1 is 1.21 bits per heavy atom. The second-order valence-corrected chi connectivity index (χ2v) is 5.97. The molecule has 0 aromatic carbocycles.